The van der Waals surface area contributed by atoms with Crippen molar-refractivity contribution < 1.29 is 19.0 Å². The van der Waals surface area contributed by atoms with Crippen molar-refractivity contribution in [1.82, 2.24) is 4.98 Å². The van der Waals surface area contributed by atoms with Crippen molar-refractivity contribution in [3.63, 3.8) is 0 Å². The lowest BCUT2D eigenvalue weighted by molar-refractivity contribution is -0.128. The monoisotopic (exact) mass is 381 g/mol. The van der Waals surface area contributed by atoms with Gasteiger partial charge in [0.05, 0.1) is 17.8 Å². The molecule has 0 N–H and O–H groups in total. The minimum Gasteiger partial charge on any atom is -0.497 e. The van der Waals surface area contributed by atoms with Gasteiger partial charge in [0, 0.05) is 11.5 Å². The van der Waals surface area contributed by atoms with Crippen molar-refractivity contribution in [2.45, 2.75) is 13.5 Å². The van der Waals surface area contributed by atoms with Crippen LogP contribution < -0.4 is 14.2 Å². The molecule has 0 amide bonds. The Morgan fingerprint density at radius 1 is 1.11 bits per heavy atom. The van der Waals surface area contributed by atoms with E-state index in [4.69, 9.17) is 14.2 Å². The molecule has 0 spiro atoms. The van der Waals surface area contributed by atoms with E-state index in [9.17, 15) is 4.79 Å². The first kappa shape index (κ1) is 18.7. The van der Waals surface area contributed by atoms with E-state index in [2.05, 4.69) is 4.98 Å². The molecular formula is C21H19NO4S. The molecule has 27 heavy (non-hydrogen) atoms. The molecular weight excluding hydrogens is 362 g/mol. The van der Waals surface area contributed by atoms with Crippen LogP contribution in [0.3, 0.4) is 0 Å². The molecule has 0 radical (unpaired) electrons. The van der Waals surface area contributed by atoms with Gasteiger partial charge in [-0.05, 0) is 55.0 Å². The smallest absolute Gasteiger partial charge is 0.336 e. The third-order valence-electron chi connectivity index (χ3n) is 3.60. The summed E-state index contributed by atoms with van der Waals surface area (Å²) in [7, 11) is 1.58. The van der Waals surface area contributed by atoms with Crippen molar-refractivity contribution in [1.29, 1.82) is 0 Å². The summed E-state index contributed by atoms with van der Waals surface area (Å²) in [6.45, 7) is 2.38. The zero-order valence-corrected chi connectivity index (χ0v) is 15.9. The highest BCUT2D eigenvalue weighted by Crippen LogP contribution is 2.19. The summed E-state index contributed by atoms with van der Waals surface area (Å²) in [6, 6.07) is 14.3. The molecule has 5 nitrogen and oxygen atoms in total. The average molecular weight is 381 g/mol. The molecule has 0 atom stereocenters. The number of esters is 1. The third-order valence-corrected chi connectivity index (χ3v) is 4.42. The van der Waals surface area contributed by atoms with Crippen molar-refractivity contribution in [2.24, 2.45) is 0 Å². The van der Waals surface area contributed by atoms with Gasteiger partial charge in [-0.15, -0.1) is 11.3 Å². The maximum absolute atomic E-state index is 12.0. The normalized spacial score (nSPS) is 10.7. The van der Waals surface area contributed by atoms with Gasteiger partial charge in [0.1, 0.15) is 23.9 Å². The topological polar surface area (TPSA) is 57.7 Å². The third kappa shape index (κ3) is 5.69. The Hall–Kier alpha value is -3.12. The molecule has 0 unspecified atom stereocenters. The molecule has 0 aliphatic carbocycles. The van der Waals surface area contributed by atoms with Crippen molar-refractivity contribution in [3.05, 3.63) is 76.3 Å². The molecule has 6 heteroatoms. The molecule has 3 rings (SSSR count). The Kier molecular flexibility index (Phi) is 6.22. The molecule has 2 aromatic carbocycles. The van der Waals surface area contributed by atoms with Crippen LogP contribution in [0.2, 0.25) is 0 Å². The highest BCUT2D eigenvalue weighted by Gasteiger charge is 2.03. The highest BCUT2D eigenvalue weighted by molar-refractivity contribution is 7.09. The zero-order valence-electron chi connectivity index (χ0n) is 15.0. The second kappa shape index (κ2) is 9.00. The number of ether oxygens (including phenoxy) is 3. The number of hydrogen-bond acceptors (Lipinski definition) is 6. The molecule has 0 saturated heterocycles. The van der Waals surface area contributed by atoms with Crippen LogP contribution in [0.25, 0.3) is 6.08 Å². The SMILES string of the molecule is COc1ccc(OC(=O)/C=C/c2cccc(OCc3csc(C)n3)c2)cc1. The summed E-state index contributed by atoms with van der Waals surface area (Å²) in [6.07, 6.45) is 3.07. The number of methoxy groups -OCH3 is 1. The van der Waals surface area contributed by atoms with E-state index in [-0.39, 0.29) is 0 Å². The summed E-state index contributed by atoms with van der Waals surface area (Å²) in [5.74, 6) is 1.42. The lowest BCUT2D eigenvalue weighted by Gasteiger charge is -2.05. The fourth-order valence-electron chi connectivity index (χ4n) is 2.30. The number of rotatable bonds is 7. The van der Waals surface area contributed by atoms with Crippen LogP contribution >= 0.6 is 11.3 Å². The Morgan fingerprint density at radius 3 is 2.59 bits per heavy atom. The van der Waals surface area contributed by atoms with Crippen LogP contribution in [0.15, 0.2) is 60.0 Å². The summed E-state index contributed by atoms with van der Waals surface area (Å²) < 4.78 is 16.1. The van der Waals surface area contributed by atoms with Gasteiger partial charge < -0.3 is 14.2 Å². The number of benzene rings is 2. The molecule has 3 aromatic rings. The first-order chi connectivity index (χ1) is 13.1. The minimum atomic E-state index is -0.454. The lowest BCUT2D eigenvalue weighted by atomic mass is 10.2. The van der Waals surface area contributed by atoms with Crippen LogP contribution in [0.5, 0.6) is 17.2 Å². The van der Waals surface area contributed by atoms with E-state index >= 15 is 0 Å². The van der Waals surface area contributed by atoms with Gasteiger partial charge in [0.15, 0.2) is 0 Å². The number of aryl methyl sites for hydroxylation is 1. The first-order valence-corrected chi connectivity index (χ1v) is 9.18. The summed E-state index contributed by atoms with van der Waals surface area (Å²) >= 11 is 1.60. The van der Waals surface area contributed by atoms with Gasteiger partial charge in [-0.1, -0.05) is 12.1 Å². The van der Waals surface area contributed by atoms with Crippen molar-refractivity contribution in [3.8, 4) is 17.2 Å². The Bertz CT molecular complexity index is 931. The molecule has 0 aliphatic rings. The van der Waals surface area contributed by atoms with Crippen LogP contribution in [0, 0.1) is 6.92 Å². The zero-order chi connectivity index (χ0) is 19.1. The van der Waals surface area contributed by atoms with Crippen LogP contribution in [0.1, 0.15) is 16.3 Å². The van der Waals surface area contributed by atoms with Gasteiger partial charge in [0.2, 0.25) is 0 Å². The molecule has 1 aromatic heterocycles. The van der Waals surface area contributed by atoms with Crippen molar-refractivity contribution in [2.75, 3.05) is 7.11 Å². The number of nitrogens with zero attached hydrogens (tertiary/aromatic N) is 1. The van der Waals surface area contributed by atoms with Gasteiger partial charge in [0.25, 0.3) is 0 Å². The molecule has 0 fully saturated rings. The van der Waals surface area contributed by atoms with Gasteiger partial charge >= 0.3 is 5.97 Å². The predicted octanol–water partition coefficient (Wildman–Crippen LogP) is 4.66. The van der Waals surface area contributed by atoms with E-state index in [1.165, 1.54) is 6.08 Å². The number of aromatic nitrogens is 1. The largest absolute Gasteiger partial charge is 0.497 e. The summed E-state index contributed by atoms with van der Waals surface area (Å²) in [4.78, 5) is 16.3. The van der Waals surface area contributed by atoms with E-state index < -0.39 is 5.97 Å². The van der Waals surface area contributed by atoms with Gasteiger partial charge in [-0.25, -0.2) is 9.78 Å². The van der Waals surface area contributed by atoms with E-state index in [1.807, 2.05) is 36.6 Å². The maximum atomic E-state index is 12.0. The maximum Gasteiger partial charge on any atom is 0.336 e. The number of carbonyl (C=O) groups excluding carboxylic acids is 1. The molecule has 0 bridgehead atoms. The van der Waals surface area contributed by atoms with E-state index in [0.717, 1.165) is 16.3 Å². The number of carbonyl (C=O) groups is 1. The highest BCUT2D eigenvalue weighted by atomic mass is 32.1. The van der Waals surface area contributed by atoms with Gasteiger partial charge in [-0.3, -0.25) is 0 Å². The Morgan fingerprint density at radius 2 is 1.89 bits per heavy atom. The van der Waals surface area contributed by atoms with Crippen molar-refractivity contribution >= 4 is 23.4 Å². The van der Waals surface area contributed by atoms with Gasteiger partial charge in [-0.2, -0.15) is 0 Å². The van der Waals surface area contributed by atoms with E-state index in [1.54, 1.807) is 48.8 Å². The second-order valence-corrected chi connectivity index (χ2v) is 6.71. The first-order valence-electron chi connectivity index (χ1n) is 8.30. The number of hydrogen-bond donors (Lipinski definition) is 0. The fraction of sp³-hybridized carbons (Fsp3) is 0.143. The lowest BCUT2D eigenvalue weighted by Crippen LogP contribution is -2.03. The molecule has 1 heterocycles. The fourth-order valence-corrected chi connectivity index (χ4v) is 2.90. The molecule has 0 aliphatic heterocycles. The standard InChI is InChI=1S/C21H19NO4S/c1-15-22-17(14-27-15)13-25-20-5-3-4-16(12-20)6-11-21(23)26-19-9-7-18(24-2)8-10-19/h3-12,14H,13H2,1-2H3/b11-6+. The summed E-state index contributed by atoms with van der Waals surface area (Å²) in [5.41, 5.74) is 1.75. The molecule has 0 saturated carbocycles. The van der Waals surface area contributed by atoms with Crippen LogP contribution in [-0.2, 0) is 11.4 Å². The quantitative estimate of drug-likeness (QED) is 0.338. The predicted molar refractivity (Wildman–Crippen MR) is 105 cm³/mol. The average Bonchev–Trinajstić information content (AvgIpc) is 3.11. The minimum absolute atomic E-state index is 0.414. The summed E-state index contributed by atoms with van der Waals surface area (Å²) in [5, 5.41) is 2.99. The van der Waals surface area contributed by atoms with Crippen LogP contribution in [0.4, 0.5) is 0 Å². The molecule has 138 valence electrons. The van der Waals surface area contributed by atoms with E-state index in [0.29, 0.717) is 23.9 Å². The second-order valence-electron chi connectivity index (χ2n) is 5.65. The van der Waals surface area contributed by atoms with Crippen LogP contribution in [-0.4, -0.2) is 18.1 Å². The Labute approximate surface area is 161 Å². The Balaban J connectivity index is 1.56. The number of thiazole rings is 1.